The van der Waals surface area contributed by atoms with E-state index in [1.165, 1.54) is 12.2 Å². The van der Waals surface area contributed by atoms with Gasteiger partial charge in [-0.1, -0.05) is 18.2 Å². The topological polar surface area (TPSA) is 58.9 Å². The predicted octanol–water partition coefficient (Wildman–Crippen LogP) is 1.97. The Morgan fingerprint density at radius 3 is 2.13 bits per heavy atom. The first kappa shape index (κ1) is 11.1. The Bertz CT molecular complexity index is 438. The number of hydrogen-bond donors (Lipinski definition) is 0. The maximum atomic E-state index is 10.1. The van der Waals surface area contributed by atoms with Crippen molar-refractivity contribution in [3.8, 4) is 0 Å². The molecule has 0 saturated heterocycles. The van der Waals surface area contributed by atoms with E-state index < -0.39 is 6.17 Å². The van der Waals surface area contributed by atoms with Gasteiger partial charge in [0.15, 0.2) is 6.17 Å². The minimum absolute atomic E-state index is 0.685. The summed E-state index contributed by atoms with van der Waals surface area (Å²) in [4.78, 5) is 27.1. The van der Waals surface area contributed by atoms with Crippen molar-refractivity contribution in [2.24, 2.45) is 9.98 Å². The van der Waals surface area contributed by atoms with Gasteiger partial charge in [-0.3, -0.25) is 0 Å². The molecule has 0 radical (unpaired) electrons. The first-order valence-electron chi connectivity index (χ1n) is 4.40. The van der Waals surface area contributed by atoms with Gasteiger partial charge in [-0.2, -0.15) is 9.98 Å². The van der Waals surface area contributed by atoms with Gasteiger partial charge in [-0.25, -0.2) is 9.59 Å². The van der Waals surface area contributed by atoms with Gasteiger partial charge in [0.1, 0.15) is 0 Å². The second-order valence-corrected chi connectivity index (χ2v) is 3.16. The highest BCUT2D eigenvalue weighted by Crippen LogP contribution is 2.20. The van der Waals surface area contributed by atoms with Crippen LogP contribution in [0.4, 0.5) is 0 Å². The summed E-state index contributed by atoms with van der Waals surface area (Å²) in [5.41, 5.74) is 2.87. The molecule has 0 bridgehead atoms. The highest BCUT2D eigenvalue weighted by atomic mass is 16.1. The lowest BCUT2D eigenvalue weighted by Gasteiger charge is -2.06. The van der Waals surface area contributed by atoms with Crippen molar-refractivity contribution in [1.29, 1.82) is 0 Å². The Hall–Kier alpha value is -2.02. The minimum atomic E-state index is -0.820. The van der Waals surface area contributed by atoms with Crippen molar-refractivity contribution in [3.05, 3.63) is 34.9 Å². The lowest BCUT2D eigenvalue weighted by molar-refractivity contribution is 0.552. The van der Waals surface area contributed by atoms with Crippen molar-refractivity contribution >= 4 is 12.2 Å². The Morgan fingerprint density at radius 1 is 1.07 bits per heavy atom. The maximum Gasteiger partial charge on any atom is 0.237 e. The van der Waals surface area contributed by atoms with Crippen LogP contribution in [0.2, 0.25) is 0 Å². The number of carbonyl (C=O) groups excluding carboxylic acids is 2. The van der Waals surface area contributed by atoms with Crippen LogP contribution < -0.4 is 0 Å². The van der Waals surface area contributed by atoms with Gasteiger partial charge >= 0.3 is 0 Å². The maximum absolute atomic E-state index is 10.1. The number of aryl methyl sites for hydroxylation is 2. The number of benzene rings is 1. The van der Waals surface area contributed by atoms with E-state index in [-0.39, 0.29) is 0 Å². The van der Waals surface area contributed by atoms with Crippen LogP contribution in [0.1, 0.15) is 22.9 Å². The Labute approximate surface area is 87.4 Å². The van der Waals surface area contributed by atoms with Crippen LogP contribution in [-0.4, -0.2) is 12.2 Å². The van der Waals surface area contributed by atoms with Crippen molar-refractivity contribution in [3.63, 3.8) is 0 Å². The van der Waals surface area contributed by atoms with Crippen molar-refractivity contribution in [1.82, 2.24) is 0 Å². The average Bonchev–Trinajstić information content (AvgIpc) is 2.22. The van der Waals surface area contributed by atoms with E-state index >= 15 is 0 Å². The molecule has 76 valence electrons. The highest BCUT2D eigenvalue weighted by Gasteiger charge is 2.08. The Kier molecular flexibility index (Phi) is 3.69. The number of nitrogens with zero attached hydrogens (tertiary/aromatic N) is 2. The zero-order chi connectivity index (χ0) is 11.3. The van der Waals surface area contributed by atoms with Crippen LogP contribution in [0.25, 0.3) is 0 Å². The van der Waals surface area contributed by atoms with Gasteiger partial charge in [0.2, 0.25) is 12.2 Å². The average molecular weight is 202 g/mol. The first-order valence-corrected chi connectivity index (χ1v) is 4.40. The summed E-state index contributed by atoms with van der Waals surface area (Å²) in [7, 11) is 0. The van der Waals surface area contributed by atoms with E-state index in [1.54, 1.807) is 6.07 Å². The number of rotatable bonds is 3. The SMILES string of the molecule is Cc1ccc(C(N=C=O)N=C=O)cc1C. The second-order valence-electron chi connectivity index (χ2n) is 3.16. The molecule has 1 aromatic carbocycles. The Balaban J connectivity index is 3.17. The molecule has 0 spiro atoms. The molecule has 0 aliphatic heterocycles. The number of aliphatic imine (C=N–C) groups is 2. The molecule has 0 N–H and O–H groups in total. The highest BCUT2D eigenvalue weighted by molar-refractivity contribution is 5.41. The van der Waals surface area contributed by atoms with Gasteiger partial charge in [-0.05, 0) is 25.0 Å². The fourth-order valence-electron chi connectivity index (χ4n) is 1.20. The van der Waals surface area contributed by atoms with E-state index in [1.807, 2.05) is 26.0 Å². The van der Waals surface area contributed by atoms with Gasteiger partial charge in [0, 0.05) is 5.56 Å². The summed E-state index contributed by atoms with van der Waals surface area (Å²) >= 11 is 0. The zero-order valence-corrected chi connectivity index (χ0v) is 8.52. The minimum Gasteiger partial charge on any atom is -0.211 e. The lowest BCUT2D eigenvalue weighted by atomic mass is 10.1. The predicted molar refractivity (Wildman–Crippen MR) is 54.9 cm³/mol. The van der Waals surface area contributed by atoms with E-state index in [0.717, 1.165) is 11.1 Å². The molecule has 0 heterocycles. The van der Waals surface area contributed by atoms with Crippen LogP contribution in [0.5, 0.6) is 0 Å². The number of hydrogen-bond acceptors (Lipinski definition) is 4. The smallest absolute Gasteiger partial charge is 0.211 e. The molecule has 15 heavy (non-hydrogen) atoms. The van der Waals surface area contributed by atoms with Crippen molar-refractivity contribution in [2.45, 2.75) is 20.0 Å². The molecule has 4 heteroatoms. The third-order valence-electron chi connectivity index (χ3n) is 2.18. The van der Waals surface area contributed by atoms with Crippen LogP contribution in [0, 0.1) is 13.8 Å². The number of isocyanates is 2. The summed E-state index contributed by atoms with van der Waals surface area (Å²) in [6.07, 6.45) is 1.95. The van der Waals surface area contributed by atoms with Gasteiger partial charge in [0.05, 0.1) is 0 Å². The van der Waals surface area contributed by atoms with Crippen LogP contribution >= 0.6 is 0 Å². The normalized spacial score (nSPS) is 11.1. The molecule has 1 rings (SSSR count). The molecule has 0 aliphatic rings. The summed E-state index contributed by atoms with van der Waals surface area (Å²) in [6, 6.07) is 5.49. The molecule has 0 amide bonds. The zero-order valence-electron chi connectivity index (χ0n) is 8.52. The third-order valence-corrected chi connectivity index (χ3v) is 2.18. The molecule has 0 saturated carbocycles. The van der Waals surface area contributed by atoms with Crippen LogP contribution in [-0.2, 0) is 9.59 Å². The van der Waals surface area contributed by atoms with Crippen LogP contribution in [0.15, 0.2) is 28.2 Å². The van der Waals surface area contributed by atoms with Crippen LogP contribution in [0.3, 0.4) is 0 Å². The quantitative estimate of drug-likeness (QED) is 0.555. The fourth-order valence-corrected chi connectivity index (χ4v) is 1.20. The van der Waals surface area contributed by atoms with Crippen molar-refractivity contribution < 1.29 is 9.59 Å². The fraction of sp³-hybridized carbons (Fsp3) is 0.273. The molecule has 0 unspecified atom stereocenters. The second kappa shape index (κ2) is 5.01. The molecule has 0 aliphatic carbocycles. The molecule has 0 fully saturated rings. The largest absolute Gasteiger partial charge is 0.237 e. The summed E-state index contributed by atoms with van der Waals surface area (Å²) in [5.74, 6) is 0. The third kappa shape index (κ3) is 2.71. The molecule has 0 atom stereocenters. The lowest BCUT2D eigenvalue weighted by Crippen LogP contribution is -1.93. The van der Waals surface area contributed by atoms with Gasteiger partial charge in [-0.15, -0.1) is 0 Å². The monoisotopic (exact) mass is 202 g/mol. The summed E-state index contributed by atoms with van der Waals surface area (Å²) in [6.45, 7) is 3.91. The van der Waals surface area contributed by atoms with E-state index in [4.69, 9.17) is 0 Å². The standard InChI is InChI=1S/C11H10N2O2/c1-8-3-4-10(5-9(8)2)11(12-6-14)13-7-15/h3-5,11H,1-2H3. The molecule has 1 aromatic rings. The molecule has 0 aromatic heterocycles. The van der Waals surface area contributed by atoms with E-state index in [9.17, 15) is 9.59 Å². The van der Waals surface area contributed by atoms with Gasteiger partial charge < -0.3 is 0 Å². The van der Waals surface area contributed by atoms with E-state index in [0.29, 0.717) is 5.56 Å². The Morgan fingerprint density at radius 2 is 1.67 bits per heavy atom. The summed E-state index contributed by atoms with van der Waals surface area (Å²) in [5, 5.41) is 0. The molecular formula is C11H10N2O2. The summed E-state index contributed by atoms with van der Waals surface area (Å²) < 4.78 is 0. The van der Waals surface area contributed by atoms with E-state index in [2.05, 4.69) is 9.98 Å². The molecular weight excluding hydrogens is 192 g/mol. The molecule has 4 nitrogen and oxygen atoms in total. The van der Waals surface area contributed by atoms with Gasteiger partial charge in [0.25, 0.3) is 0 Å². The first-order chi connectivity index (χ1) is 7.19. The van der Waals surface area contributed by atoms with Crippen molar-refractivity contribution in [2.75, 3.05) is 0 Å².